The van der Waals surface area contributed by atoms with Crippen LogP contribution in [0.1, 0.15) is 37.5 Å². The van der Waals surface area contributed by atoms with Gasteiger partial charge in [-0.2, -0.15) is 5.10 Å². The molecule has 0 spiro atoms. The summed E-state index contributed by atoms with van der Waals surface area (Å²) in [6, 6.07) is 2.42. The summed E-state index contributed by atoms with van der Waals surface area (Å²) < 4.78 is 8.54. The lowest BCUT2D eigenvalue weighted by Crippen LogP contribution is -2.38. The maximum absolute atomic E-state index is 6.39. The lowest BCUT2D eigenvalue weighted by molar-refractivity contribution is -0.0371. The van der Waals surface area contributed by atoms with Gasteiger partial charge in [-0.3, -0.25) is 9.58 Å². The molecule has 6 heteroatoms. The fourth-order valence-electron chi connectivity index (χ4n) is 4.69. The largest absolute Gasteiger partial charge is 0.376 e. The summed E-state index contributed by atoms with van der Waals surface area (Å²) in [5.41, 5.74) is 0. The molecular formula is C19H27N5O. The molecule has 0 unspecified atom stereocenters. The zero-order chi connectivity index (χ0) is 16.6. The number of hydrogen-bond donors (Lipinski definition) is 1. The number of aromatic amines is 1. The highest BCUT2D eigenvalue weighted by Gasteiger charge is 2.44. The van der Waals surface area contributed by atoms with Crippen LogP contribution in [-0.4, -0.2) is 50.4 Å². The molecule has 0 aromatic carbocycles. The minimum absolute atomic E-state index is 0.310. The minimum Gasteiger partial charge on any atom is -0.376 e. The Balaban J connectivity index is 1.28. The number of fused-ring (bicyclic) bond motifs is 1. The van der Waals surface area contributed by atoms with E-state index in [1.807, 2.05) is 24.7 Å². The van der Waals surface area contributed by atoms with Crippen molar-refractivity contribution in [1.82, 2.24) is 24.6 Å². The van der Waals surface area contributed by atoms with Gasteiger partial charge in [0.15, 0.2) is 0 Å². The van der Waals surface area contributed by atoms with Crippen LogP contribution < -0.4 is 0 Å². The number of nitrogens with zero attached hydrogens (tertiary/aromatic N) is 4. The predicted octanol–water partition coefficient (Wildman–Crippen LogP) is 2.48. The maximum Gasteiger partial charge on any atom is 0.120 e. The van der Waals surface area contributed by atoms with Crippen LogP contribution in [-0.2, 0) is 11.3 Å². The fourth-order valence-corrected chi connectivity index (χ4v) is 4.69. The Morgan fingerprint density at radius 3 is 2.76 bits per heavy atom. The molecule has 1 saturated heterocycles. The van der Waals surface area contributed by atoms with Crippen molar-refractivity contribution in [2.75, 3.05) is 19.7 Å². The topological polar surface area (TPSA) is 59.0 Å². The second-order valence-corrected chi connectivity index (χ2v) is 8.09. The van der Waals surface area contributed by atoms with Gasteiger partial charge in [0.25, 0.3) is 0 Å². The van der Waals surface area contributed by atoms with Crippen LogP contribution in [0.3, 0.4) is 0 Å². The Morgan fingerprint density at radius 2 is 2.04 bits per heavy atom. The average molecular weight is 341 g/mol. The third-order valence-corrected chi connectivity index (χ3v) is 6.20. The molecule has 3 fully saturated rings. The van der Waals surface area contributed by atoms with E-state index >= 15 is 0 Å². The molecule has 2 aromatic rings. The van der Waals surface area contributed by atoms with Gasteiger partial charge < -0.3 is 9.72 Å². The molecule has 0 radical (unpaired) electrons. The highest BCUT2D eigenvalue weighted by molar-refractivity contribution is 4.98. The first-order chi connectivity index (χ1) is 12.3. The molecule has 3 aliphatic rings. The summed E-state index contributed by atoms with van der Waals surface area (Å²) in [7, 11) is 0. The second kappa shape index (κ2) is 6.57. The van der Waals surface area contributed by atoms with Crippen LogP contribution in [0.4, 0.5) is 0 Å². The second-order valence-electron chi connectivity index (χ2n) is 8.09. The molecule has 0 amide bonds. The van der Waals surface area contributed by atoms with E-state index in [4.69, 9.17) is 4.74 Å². The summed E-state index contributed by atoms with van der Waals surface area (Å²) in [6.45, 7) is 4.20. The van der Waals surface area contributed by atoms with Crippen molar-refractivity contribution >= 4 is 0 Å². The van der Waals surface area contributed by atoms with Gasteiger partial charge in [0.05, 0.1) is 18.7 Å². The molecule has 134 valence electrons. The van der Waals surface area contributed by atoms with Crippen LogP contribution in [0.25, 0.3) is 0 Å². The first-order valence-corrected chi connectivity index (χ1v) is 9.66. The van der Waals surface area contributed by atoms with E-state index in [1.54, 1.807) is 0 Å². The number of aromatic nitrogens is 4. The van der Waals surface area contributed by atoms with E-state index in [0.29, 0.717) is 12.1 Å². The summed E-state index contributed by atoms with van der Waals surface area (Å²) in [6.07, 6.45) is 13.1. The molecule has 3 heterocycles. The molecule has 1 N–H and O–H groups in total. The smallest absolute Gasteiger partial charge is 0.120 e. The molecule has 0 bridgehead atoms. The molecule has 25 heavy (non-hydrogen) atoms. The fraction of sp³-hybridized carbons (Fsp3) is 0.684. The number of likely N-dealkylation sites (tertiary alicyclic amines) is 1. The molecule has 5 rings (SSSR count). The lowest BCUT2D eigenvalue weighted by Gasteiger charge is -2.38. The third kappa shape index (κ3) is 3.37. The van der Waals surface area contributed by atoms with Gasteiger partial charge in [-0.15, -0.1) is 0 Å². The molecule has 4 atom stereocenters. The first kappa shape index (κ1) is 15.6. The van der Waals surface area contributed by atoms with Crippen molar-refractivity contribution < 1.29 is 4.74 Å². The van der Waals surface area contributed by atoms with Crippen molar-refractivity contribution in [2.45, 2.75) is 44.4 Å². The van der Waals surface area contributed by atoms with Crippen LogP contribution >= 0.6 is 0 Å². The van der Waals surface area contributed by atoms with E-state index in [9.17, 15) is 0 Å². The van der Waals surface area contributed by atoms with Crippen molar-refractivity contribution in [3.63, 3.8) is 0 Å². The quantitative estimate of drug-likeness (QED) is 0.877. The van der Waals surface area contributed by atoms with Gasteiger partial charge in [-0.1, -0.05) is 0 Å². The maximum atomic E-state index is 6.39. The van der Waals surface area contributed by atoms with Gasteiger partial charge in [-0.05, 0) is 49.5 Å². The molecule has 2 saturated carbocycles. The van der Waals surface area contributed by atoms with Crippen molar-refractivity contribution in [1.29, 1.82) is 0 Å². The van der Waals surface area contributed by atoms with Gasteiger partial charge in [0.2, 0.25) is 0 Å². The zero-order valence-electron chi connectivity index (χ0n) is 14.6. The highest BCUT2D eigenvalue weighted by Crippen LogP contribution is 2.43. The highest BCUT2D eigenvalue weighted by atomic mass is 16.5. The van der Waals surface area contributed by atoms with Gasteiger partial charge >= 0.3 is 0 Å². The Labute approximate surface area is 148 Å². The first-order valence-electron chi connectivity index (χ1n) is 9.66. The summed E-state index contributed by atoms with van der Waals surface area (Å²) >= 11 is 0. The Morgan fingerprint density at radius 1 is 1.16 bits per heavy atom. The SMILES string of the molecule is c1cnn([C@H]2C[C@H]3CN(Cc4ncc[nH]4)C[C@H]3C[C@@H]2OCC2CC2)c1. The van der Waals surface area contributed by atoms with Crippen molar-refractivity contribution in [3.05, 3.63) is 36.7 Å². The number of nitrogens with one attached hydrogen (secondary N) is 1. The van der Waals surface area contributed by atoms with Crippen molar-refractivity contribution in [3.8, 4) is 0 Å². The van der Waals surface area contributed by atoms with Crippen LogP contribution in [0.15, 0.2) is 30.9 Å². The Hall–Kier alpha value is -1.66. The van der Waals surface area contributed by atoms with E-state index in [-0.39, 0.29) is 0 Å². The van der Waals surface area contributed by atoms with Crippen LogP contribution in [0, 0.1) is 17.8 Å². The predicted molar refractivity (Wildman–Crippen MR) is 93.8 cm³/mol. The standard InChI is InChI=1S/C19H27N5O/c1-4-22-24(7-1)17-8-15-10-23(12-19-20-5-6-21-19)11-16(15)9-18(17)25-13-14-2-3-14/h1,4-7,14-18H,2-3,8-13H2,(H,20,21)/t15-,16+,17-,18-/m0/s1. The summed E-state index contributed by atoms with van der Waals surface area (Å²) in [5, 5.41) is 4.53. The normalized spacial score (nSPS) is 32.8. The molecule has 2 aliphatic carbocycles. The van der Waals surface area contributed by atoms with Crippen LogP contribution in [0.2, 0.25) is 0 Å². The number of imidazole rings is 1. The molecular weight excluding hydrogens is 314 g/mol. The van der Waals surface area contributed by atoms with E-state index in [0.717, 1.165) is 43.2 Å². The van der Waals surface area contributed by atoms with Gasteiger partial charge in [-0.25, -0.2) is 4.98 Å². The van der Waals surface area contributed by atoms with Crippen LogP contribution in [0.5, 0.6) is 0 Å². The minimum atomic E-state index is 0.310. The Bertz CT molecular complexity index is 666. The Kier molecular flexibility index (Phi) is 4.10. The summed E-state index contributed by atoms with van der Waals surface area (Å²) in [5.74, 6) is 3.37. The van der Waals surface area contributed by atoms with E-state index < -0.39 is 0 Å². The monoisotopic (exact) mass is 341 g/mol. The molecule has 2 aromatic heterocycles. The summed E-state index contributed by atoms with van der Waals surface area (Å²) in [4.78, 5) is 10.2. The van der Waals surface area contributed by atoms with Gasteiger partial charge in [0.1, 0.15) is 5.82 Å². The number of hydrogen-bond acceptors (Lipinski definition) is 4. The lowest BCUT2D eigenvalue weighted by atomic mass is 9.77. The number of H-pyrrole nitrogens is 1. The molecule has 6 nitrogen and oxygen atoms in total. The number of ether oxygens (including phenoxy) is 1. The average Bonchev–Trinajstić information content (AvgIpc) is 3.04. The molecule has 1 aliphatic heterocycles. The van der Waals surface area contributed by atoms with E-state index in [1.165, 1.54) is 32.4 Å². The van der Waals surface area contributed by atoms with E-state index in [2.05, 4.69) is 30.8 Å². The number of rotatable bonds is 6. The zero-order valence-corrected chi connectivity index (χ0v) is 14.6. The third-order valence-electron chi connectivity index (χ3n) is 6.20. The van der Waals surface area contributed by atoms with Gasteiger partial charge in [0, 0.05) is 44.5 Å². The van der Waals surface area contributed by atoms with Crippen molar-refractivity contribution in [2.24, 2.45) is 17.8 Å².